The first-order valence-corrected chi connectivity index (χ1v) is 10.9. The van der Waals surface area contributed by atoms with Crippen molar-refractivity contribution in [3.05, 3.63) is 43.0 Å². The van der Waals surface area contributed by atoms with E-state index in [0.717, 1.165) is 5.01 Å². The van der Waals surface area contributed by atoms with Crippen molar-refractivity contribution < 1.29 is 18.8 Å². The van der Waals surface area contributed by atoms with Crippen molar-refractivity contribution in [2.45, 2.75) is 52.6 Å². The Morgan fingerprint density at radius 1 is 0.971 bits per heavy atom. The average molecular weight is 470 g/mol. The highest BCUT2D eigenvalue weighted by molar-refractivity contribution is 5.88. The lowest BCUT2D eigenvalue weighted by molar-refractivity contribution is -0.125. The molecule has 182 valence electrons. The molecule has 11 nitrogen and oxygen atoms in total. The van der Waals surface area contributed by atoms with Gasteiger partial charge in [-0.3, -0.25) is 14.2 Å². The van der Waals surface area contributed by atoms with Gasteiger partial charge in [0.2, 0.25) is 11.8 Å². The van der Waals surface area contributed by atoms with E-state index in [1.807, 2.05) is 41.5 Å². The Hall–Kier alpha value is -3.89. The largest absolute Gasteiger partial charge is 0.422 e. The van der Waals surface area contributed by atoms with E-state index in [-0.39, 0.29) is 25.0 Å². The second-order valence-electron chi connectivity index (χ2n) is 9.93. The molecule has 2 N–H and O–H groups in total. The summed E-state index contributed by atoms with van der Waals surface area (Å²) in [6.45, 7) is 10.4. The summed E-state index contributed by atoms with van der Waals surface area (Å²) >= 11 is 0. The maximum absolute atomic E-state index is 13.4. The molecule has 3 amide bonds. The number of nitrogens with one attached hydrogen (secondary N) is 2. The highest BCUT2D eigenvalue weighted by atomic mass is 16.4. The lowest BCUT2D eigenvalue weighted by Gasteiger charge is -2.34. The van der Waals surface area contributed by atoms with Crippen LogP contribution in [0.3, 0.4) is 0 Å². The lowest BCUT2D eigenvalue weighted by atomic mass is 10.1. The zero-order valence-corrected chi connectivity index (χ0v) is 20.3. The van der Waals surface area contributed by atoms with Crippen LogP contribution in [0.15, 0.2) is 47.4 Å². The first kappa shape index (κ1) is 24.7. The molecule has 0 fully saturated rings. The van der Waals surface area contributed by atoms with Crippen molar-refractivity contribution >= 4 is 35.0 Å². The number of fused-ring (bicyclic) bond motifs is 1. The summed E-state index contributed by atoms with van der Waals surface area (Å²) in [5, 5.41) is 8.09. The second-order valence-corrected chi connectivity index (χ2v) is 9.93. The van der Waals surface area contributed by atoms with E-state index >= 15 is 0 Å². The minimum atomic E-state index is -0.604. The standard InChI is InChI=1S/C23H31N7O4/c1-22(2,3)26-18(31)13-29(20-25-16-9-7-8-10-17(16)34-20)30(14-19(32)27-23(4,5)6)21(33)28-12-11-24-15-28/h7-12,15H,13-14H2,1-6H3,(H,26,31)(H,27,32). The van der Waals surface area contributed by atoms with Crippen LogP contribution in [-0.4, -0.2) is 61.6 Å². The Balaban J connectivity index is 2.04. The van der Waals surface area contributed by atoms with E-state index in [1.165, 1.54) is 28.3 Å². The summed E-state index contributed by atoms with van der Waals surface area (Å²) in [4.78, 5) is 47.6. The van der Waals surface area contributed by atoms with Gasteiger partial charge in [-0.15, -0.1) is 0 Å². The Labute approximate surface area is 198 Å². The molecule has 0 bridgehead atoms. The molecular formula is C23H31N7O4. The molecule has 0 aliphatic rings. The van der Waals surface area contributed by atoms with Gasteiger partial charge in [-0.25, -0.2) is 19.8 Å². The summed E-state index contributed by atoms with van der Waals surface area (Å²) in [6.07, 6.45) is 4.22. The third kappa shape index (κ3) is 6.56. The number of oxazole rings is 1. The molecule has 3 rings (SSSR count). The van der Waals surface area contributed by atoms with Gasteiger partial charge in [0.15, 0.2) is 5.58 Å². The third-order valence-corrected chi connectivity index (χ3v) is 4.36. The quantitative estimate of drug-likeness (QED) is 0.531. The highest BCUT2D eigenvalue weighted by Crippen LogP contribution is 2.23. The van der Waals surface area contributed by atoms with Gasteiger partial charge in [-0.05, 0) is 53.7 Å². The van der Waals surface area contributed by atoms with Gasteiger partial charge in [-0.1, -0.05) is 12.1 Å². The zero-order chi connectivity index (χ0) is 25.1. The molecule has 34 heavy (non-hydrogen) atoms. The molecule has 0 unspecified atom stereocenters. The van der Waals surface area contributed by atoms with E-state index in [0.29, 0.717) is 11.1 Å². The maximum atomic E-state index is 13.4. The molecule has 0 saturated carbocycles. The molecule has 0 radical (unpaired) electrons. The Kier molecular flexibility index (Phi) is 6.94. The number of amides is 3. The Bertz CT molecular complexity index is 1120. The maximum Gasteiger partial charge on any atom is 0.348 e. The fourth-order valence-electron chi connectivity index (χ4n) is 3.18. The number of nitrogens with zero attached hydrogens (tertiary/aromatic N) is 5. The van der Waals surface area contributed by atoms with Crippen LogP contribution in [0.25, 0.3) is 11.1 Å². The van der Waals surface area contributed by atoms with Gasteiger partial charge >= 0.3 is 12.0 Å². The van der Waals surface area contributed by atoms with Gasteiger partial charge in [0.05, 0.1) is 0 Å². The van der Waals surface area contributed by atoms with Crippen molar-refractivity contribution in [3.8, 4) is 0 Å². The monoisotopic (exact) mass is 469 g/mol. The molecule has 3 aromatic rings. The summed E-state index contributed by atoms with van der Waals surface area (Å²) in [6, 6.07) is 6.47. The third-order valence-electron chi connectivity index (χ3n) is 4.36. The van der Waals surface area contributed by atoms with Crippen LogP contribution in [0.1, 0.15) is 41.5 Å². The highest BCUT2D eigenvalue weighted by Gasteiger charge is 2.32. The van der Waals surface area contributed by atoms with Crippen LogP contribution < -0.4 is 15.6 Å². The molecule has 2 aromatic heterocycles. The summed E-state index contributed by atoms with van der Waals surface area (Å²) < 4.78 is 7.09. The number of anilines is 1. The molecule has 1 aromatic carbocycles. The second kappa shape index (κ2) is 9.54. The van der Waals surface area contributed by atoms with Crippen LogP contribution >= 0.6 is 0 Å². The molecule has 0 saturated heterocycles. The lowest BCUT2D eigenvalue weighted by Crippen LogP contribution is -2.57. The van der Waals surface area contributed by atoms with E-state index in [2.05, 4.69) is 20.6 Å². The summed E-state index contributed by atoms with van der Waals surface area (Å²) in [5.41, 5.74) is 0.000462. The number of hydrazine groups is 1. The fourth-order valence-corrected chi connectivity index (χ4v) is 3.18. The average Bonchev–Trinajstić information content (AvgIpc) is 3.36. The molecule has 0 aliphatic carbocycles. The van der Waals surface area contributed by atoms with Crippen molar-refractivity contribution in [1.29, 1.82) is 0 Å². The van der Waals surface area contributed by atoms with Crippen LogP contribution in [0.4, 0.5) is 10.8 Å². The Morgan fingerprint density at radius 3 is 2.15 bits per heavy atom. The SMILES string of the molecule is CC(C)(C)NC(=O)CN(C(=O)n1ccnc1)N(CC(=O)NC(C)(C)C)c1nc2ccccc2o1. The molecule has 2 heterocycles. The minimum absolute atomic E-state index is 0.00211. The van der Waals surface area contributed by atoms with Gasteiger partial charge in [0.1, 0.15) is 24.9 Å². The summed E-state index contributed by atoms with van der Waals surface area (Å²) in [7, 11) is 0. The zero-order valence-electron chi connectivity index (χ0n) is 20.3. The minimum Gasteiger partial charge on any atom is -0.422 e. The van der Waals surface area contributed by atoms with Crippen molar-refractivity contribution in [2.24, 2.45) is 0 Å². The fraction of sp³-hybridized carbons (Fsp3) is 0.435. The number of imidazole rings is 1. The number of carbonyl (C=O) groups excluding carboxylic acids is 3. The van der Waals surface area contributed by atoms with Gasteiger partial charge < -0.3 is 15.1 Å². The number of rotatable bonds is 6. The van der Waals surface area contributed by atoms with Crippen molar-refractivity contribution in [1.82, 2.24) is 30.2 Å². The van der Waals surface area contributed by atoms with Gasteiger partial charge in [-0.2, -0.15) is 4.98 Å². The smallest absolute Gasteiger partial charge is 0.348 e. The number of carbonyl (C=O) groups is 3. The molecule has 0 atom stereocenters. The van der Waals surface area contributed by atoms with Gasteiger partial charge in [0, 0.05) is 23.5 Å². The van der Waals surface area contributed by atoms with Gasteiger partial charge in [0.25, 0.3) is 0 Å². The van der Waals surface area contributed by atoms with Crippen molar-refractivity contribution in [3.63, 3.8) is 0 Å². The van der Waals surface area contributed by atoms with Crippen LogP contribution in [0, 0.1) is 0 Å². The number of benzene rings is 1. The van der Waals surface area contributed by atoms with E-state index in [4.69, 9.17) is 4.42 Å². The van der Waals surface area contributed by atoms with E-state index < -0.39 is 23.0 Å². The summed E-state index contributed by atoms with van der Waals surface area (Å²) in [5.74, 6) is -0.798. The van der Waals surface area contributed by atoms with Crippen LogP contribution in [0.5, 0.6) is 0 Å². The molecule has 11 heteroatoms. The topological polar surface area (TPSA) is 126 Å². The van der Waals surface area contributed by atoms with E-state index in [1.54, 1.807) is 24.3 Å². The number of hydrogen-bond donors (Lipinski definition) is 2. The predicted octanol–water partition coefficient (Wildman–Crippen LogP) is 2.55. The first-order chi connectivity index (χ1) is 15.8. The molecule has 0 aliphatic heterocycles. The first-order valence-electron chi connectivity index (χ1n) is 10.9. The Morgan fingerprint density at radius 2 is 1.59 bits per heavy atom. The predicted molar refractivity (Wildman–Crippen MR) is 127 cm³/mol. The normalized spacial score (nSPS) is 11.8. The number of hydrogen-bond acceptors (Lipinski definition) is 7. The number of aromatic nitrogens is 3. The molecule has 0 spiro atoms. The van der Waals surface area contributed by atoms with Crippen LogP contribution in [-0.2, 0) is 9.59 Å². The van der Waals surface area contributed by atoms with Crippen molar-refractivity contribution in [2.75, 3.05) is 18.1 Å². The molecular weight excluding hydrogens is 438 g/mol. The number of para-hydroxylation sites is 2. The van der Waals surface area contributed by atoms with E-state index in [9.17, 15) is 14.4 Å². The van der Waals surface area contributed by atoms with Crippen LogP contribution in [0.2, 0.25) is 0 Å².